The highest BCUT2D eigenvalue weighted by molar-refractivity contribution is 5.97. The molecular weight excluding hydrogens is 843 g/mol. The number of esters is 1. The maximum atomic E-state index is 14.6. The first kappa shape index (κ1) is 47.7. The van der Waals surface area contributed by atoms with Gasteiger partial charge in [0.2, 0.25) is 11.8 Å². The Balaban J connectivity index is 1.29. The summed E-state index contributed by atoms with van der Waals surface area (Å²) in [5.41, 5.74) is 9.94. The zero-order valence-corrected chi connectivity index (χ0v) is 39.3. The Hall–Kier alpha value is -6.26. The van der Waals surface area contributed by atoms with Gasteiger partial charge in [0.25, 0.3) is 5.91 Å². The van der Waals surface area contributed by atoms with Crippen LogP contribution in [0.5, 0.6) is 5.75 Å². The SMILES string of the molecule is CCn1c(-c2cnccc2COC)c2c3cc(ccc31)-c1cc(O)cc(c1)C/C(=C\NC(=O)[C@H](C(C)C)N(C)C(=O)[C@H]1CCN(C(=O)OC)C1)C(=O)N1CCC[C@H](N1)C(=O)OCC(C)(C)C2. The molecule has 6 bridgehead atoms. The van der Waals surface area contributed by atoms with Gasteiger partial charge < -0.3 is 39.0 Å². The van der Waals surface area contributed by atoms with E-state index in [1.807, 2.05) is 38.2 Å². The molecule has 2 fully saturated rings. The first-order chi connectivity index (χ1) is 31.5. The Labute approximate surface area is 386 Å². The van der Waals surface area contributed by atoms with Gasteiger partial charge in [0.1, 0.15) is 17.8 Å². The smallest absolute Gasteiger partial charge is 0.409 e. The number of benzene rings is 2. The lowest BCUT2D eigenvalue weighted by Crippen LogP contribution is -2.56. The summed E-state index contributed by atoms with van der Waals surface area (Å²) in [7, 11) is 4.54. The van der Waals surface area contributed by atoms with Crippen molar-refractivity contribution in [1.29, 1.82) is 0 Å². The number of hydrazine groups is 1. The van der Waals surface area contributed by atoms with Crippen LogP contribution in [0.4, 0.5) is 4.79 Å². The molecule has 2 aromatic carbocycles. The molecule has 2 saturated heterocycles. The molecule has 7 rings (SSSR count). The van der Waals surface area contributed by atoms with E-state index in [2.05, 4.69) is 53.2 Å². The van der Waals surface area contributed by atoms with Crippen molar-refractivity contribution in [2.75, 3.05) is 47.5 Å². The molecule has 5 heterocycles. The maximum Gasteiger partial charge on any atom is 0.409 e. The molecule has 16 heteroatoms. The van der Waals surface area contributed by atoms with Crippen LogP contribution in [-0.4, -0.2) is 119 Å². The van der Waals surface area contributed by atoms with E-state index in [1.165, 1.54) is 28.1 Å². The first-order valence-electron chi connectivity index (χ1n) is 22.8. The van der Waals surface area contributed by atoms with E-state index in [-0.39, 0.29) is 42.7 Å². The molecule has 2 aromatic heterocycles. The van der Waals surface area contributed by atoms with E-state index in [0.29, 0.717) is 57.5 Å². The summed E-state index contributed by atoms with van der Waals surface area (Å²) in [5, 5.41) is 16.5. The number of carbonyl (C=O) groups is 5. The number of carbonyl (C=O) groups excluding carboxylic acids is 5. The number of aromatic hydroxyl groups is 1. The Bertz CT molecular complexity index is 2530. The van der Waals surface area contributed by atoms with Crippen molar-refractivity contribution in [3.8, 4) is 28.1 Å². The average molecular weight is 906 g/mol. The molecule has 4 amide bonds. The number of nitrogens with zero attached hydrogens (tertiary/aromatic N) is 5. The van der Waals surface area contributed by atoms with Crippen molar-refractivity contribution in [2.24, 2.45) is 17.3 Å². The summed E-state index contributed by atoms with van der Waals surface area (Å²) in [6.45, 7) is 11.9. The largest absolute Gasteiger partial charge is 0.508 e. The van der Waals surface area contributed by atoms with Crippen LogP contribution in [0.25, 0.3) is 33.3 Å². The van der Waals surface area contributed by atoms with Gasteiger partial charge in [-0.3, -0.25) is 29.2 Å². The van der Waals surface area contributed by atoms with E-state index in [0.717, 1.165) is 44.4 Å². The predicted molar refractivity (Wildman–Crippen MR) is 248 cm³/mol. The van der Waals surface area contributed by atoms with Gasteiger partial charge in [0.05, 0.1) is 31.9 Å². The number of hydrogen-bond acceptors (Lipinski definition) is 11. The van der Waals surface area contributed by atoms with Crippen molar-refractivity contribution in [3.05, 3.63) is 83.3 Å². The van der Waals surface area contributed by atoms with Crippen LogP contribution < -0.4 is 10.7 Å². The number of amides is 4. The Morgan fingerprint density at radius 3 is 2.59 bits per heavy atom. The minimum absolute atomic E-state index is 0.00167. The minimum Gasteiger partial charge on any atom is -0.508 e. The lowest BCUT2D eigenvalue weighted by atomic mass is 9.84. The summed E-state index contributed by atoms with van der Waals surface area (Å²) in [4.78, 5) is 75.9. The van der Waals surface area contributed by atoms with Gasteiger partial charge >= 0.3 is 12.1 Å². The molecule has 3 N–H and O–H groups in total. The second-order valence-corrected chi connectivity index (χ2v) is 18.8. The summed E-state index contributed by atoms with van der Waals surface area (Å²) in [5.74, 6) is -2.54. The molecule has 0 aliphatic carbocycles. The highest BCUT2D eigenvalue weighted by Crippen LogP contribution is 2.41. The number of phenols is 1. The fraction of sp³-hybridized carbons (Fsp3) is 0.480. The zero-order valence-electron chi connectivity index (χ0n) is 39.3. The van der Waals surface area contributed by atoms with E-state index < -0.39 is 47.3 Å². The first-order valence-corrected chi connectivity index (χ1v) is 22.8. The average Bonchev–Trinajstić information content (AvgIpc) is 3.91. The van der Waals surface area contributed by atoms with Crippen molar-refractivity contribution < 1.29 is 43.3 Å². The topological polar surface area (TPSA) is 185 Å². The van der Waals surface area contributed by atoms with Crippen LogP contribution in [0.2, 0.25) is 0 Å². The van der Waals surface area contributed by atoms with Crippen molar-refractivity contribution >= 4 is 40.7 Å². The highest BCUT2D eigenvalue weighted by atomic mass is 16.5. The number of likely N-dealkylation sites (tertiary alicyclic amines) is 1. The van der Waals surface area contributed by atoms with E-state index >= 15 is 0 Å². The summed E-state index contributed by atoms with van der Waals surface area (Å²) >= 11 is 0. The van der Waals surface area contributed by atoms with E-state index in [4.69, 9.17) is 14.2 Å². The quantitative estimate of drug-likeness (QED) is 0.133. The number of ether oxygens (including phenoxy) is 3. The minimum atomic E-state index is -0.910. The van der Waals surface area contributed by atoms with Crippen molar-refractivity contribution in [2.45, 2.75) is 92.0 Å². The third-order valence-electron chi connectivity index (χ3n) is 12.9. The number of aryl methyl sites for hydroxylation is 1. The van der Waals surface area contributed by atoms with Crippen LogP contribution in [-0.2, 0) is 59.4 Å². The van der Waals surface area contributed by atoms with Crippen LogP contribution in [0.15, 0.2) is 66.6 Å². The molecule has 0 spiro atoms. The molecular formula is C50H63N7O9. The number of pyridine rings is 1. The third-order valence-corrected chi connectivity index (χ3v) is 12.9. The summed E-state index contributed by atoms with van der Waals surface area (Å²) in [6.07, 6.45) is 6.45. The number of aromatic nitrogens is 2. The van der Waals surface area contributed by atoms with Gasteiger partial charge in [-0.15, -0.1) is 0 Å². The predicted octanol–water partition coefficient (Wildman–Crippen LogP) is 5.98. The summed E-state index contributed by atoms with van der Waals surface area (Å²) in [6, 6.07) is 11.7. The fourth-order valence-corrected chi connectivity index (χ4v) is 9.71. The Morgan fingerprint density at radius 1 is 1.08 bits per heavy atom. The van der Waals surface area contributed by atoms with Crippen molar-refractivity contribution in [3.63, 3.8) is 0 Å². The molecule has 4 aromatic rings. The lowest BCUT2D eigenvalue weighted by molar-refractivity contribution is -0.154. The number of phenolic OH excluding ortho intramolecular Hbond substituents is 1. The van der Waals surface area contributed by atoms with Gasteiger partial charge in [-0.05, 0) is 96.7 Å². The molecule has 0 radical (unpaired) electrons. The van der Waals surface area contributed by atoms with Crippen LogP contribution in [0.1, 0.15) is 70.6 Å². The van der Waals surface area contributed by atoms with Gasteiger partial charge in [0, 0.05) is 92.8 Å². The van der Waals surface area contributed by atoms with Gasteiger partial charge in [-0.1, -0.05) is 39.8 Å². The number of rotatable bonds is 9. The number of cyclic esters (lactones) is 1. The zero-order chi connectivity index (χ0) is 47.4. The maximum absolute atomic E-state index is 14.6. The second kappa shape index (κ2) is 20.1. The van der Waals surface area contributed by atoms with Gasteiger partial charge in [-0.25, -0.2) is 10.2 Å². The molecule has 3 aliphatic rings. The number of methoxy groups -OCH3 is 2. The third kappa shape index (κ3) is 10.1. The normalized spacial score (nSPS) is 20.0. The standard InChI is InChI=1S/C50H63N7O9/c1-9-56-42-13-12-32-23-38(42)39(44(56)40-26-51-16-14-34(40)28-64-7)24-50(4,5)29-66-48(62)41-11-10-17-57(53-41)47(61)36(20-31-19-35(32)22-37(58)21-31)25-52-45(59)43(30(2)3)54(6)46(60)33-15-18-55(27-33)49(63)65-8/h12-14,16,19,21-23,25-26,30,33,41,43,53,58H,9-11,15,17-18,20,24,27-29H2,1-8H3,(H,52,59)/b36-25+/t33-,41-,43-/m0/s1. The number of hydrogen-bond donors (Lipinski definition) is 3. The van der Waals surface area contributed by atoms with Gasteiger partial charge in [0.15, 0.2) is 0 Å². The number of fused-ring (bicyclic) bond motifs is 6. The van der Waals surface area contributed by atoms with Gasteiger partial charge in [-0.2, -0.15) is 0 Å². The van der Waals surface area contributed by atoms with Crippen LogP contribution in [0.3, 0.4) is 0 Å². The van der Waals surface area contributed by atoms with Crippen molar-refractivity contribution in [1.82, 2.24) is 35.1 Å². The number of nitrogens with one attached hydrogen (secondary N) is 2. The van der Waals surface area contributed by atoms with Crippen LogP contribution in [0, 0.1) is 17.3 Å². The number of likely N-dealkylation sites (N-methyl/N-ethyl adjacent to an activating group) is 1. The molecule has 3 aliphatic heterocycles. The molecule has 66 heavy (non-hydrogen) atoms. The summed E-state index contributed by atoms with van der Waals surface area (Å²) < 4.78 is 18.8. The van der Waals surface area contributed by atoms with E-state index in [9.17, 15) is 29.1 Å². The Kier molecular flexibility index (Phi) is 14.5. The lowest BCUT2D eigenvalue weighted by Gasteiger charge is -2.34. The fourth-order valence-electron chi connectivity index (χ4n) is 9.71. The Morgan fingerprint density at radius 2 is 1.86 bits per heavy atom. The van der Waals surface area contributed by atoms with E-state index in [1.54, 1.807) is 32.5 Å². The molecule has 16 nitrogen and oxygen atoms in total. The molecule has 0 unspecified atom stereocenters. The van der Waals surface area contributed by atoms with Crippen LogP contribution >= 0.6 is 0 Å². The molecule has 0 saturated carbocycles. The molecule has 3 atom stereocenters. The second-order valence-electron chi connectivity index (χ2n) is 18.8. The molecule has 352 valence electrons. The highest BCUT2D eigenvalue weighted by Gasteiger charge is 2.38. The monoisotopic (exact) mass is 905 g/mol.